The molecule has 0 aromatic carbocycles. The molecular formula is C11H13N5O2S. The van der Waals surface area contributed by atoms with E-state index in [1.807, 2.05) is 0 Å². The highest BCUT2D eigenvalue weighted by Gasteiger charge is 2.16. The fraction of sp³-hybridized carbons (Fsp3) is 0.182. The number of aryl methyl sites for hydroxylation is 1. The third-order valence-corrected chi connectivity index (χ3v) is 3.75. The molecule has 2 rings (SSSR count). The molecule has 2 N–H and O–H groups in total. The van der Waals surface area contributed by atoms with Crippen LogP contribution in [0.15, 0.2) is 35.7 Å². The highest BCUT2D eigenvalue weighted by molar-refractivity contribution is 7.92. The van der Waals surface area contributed by atoms with Gasteiger partial charge < -0.3 is 5.32 Å². The first-order chi connectivity index (χ1) is 9.03. The summed E-state index contributed by atoms with van der Waals surface area (Å²) < 4.78 is 26.7. The molecule has 0 aliphatic rings. The number of nitrogens with zero attached hydrogens (tertiary/aromatic N) is 3. The first-order valence-electron chi connectivity index (χ1n) is 5.46. The minimum absolute atomic E-state index is 0.00251. The summed E-state index contributed by atoms with van der Waals surface area (Å²) in [5.74, 6) is 0.360. The van der Waals surface area contributed by atoms with Crippen LogP contribution >= 0.6 is 0 Å². The third-order valence-electron chi connectivity index (χ3n) is 2.43. The minimum atomic E-state index is -3.69. The number of rotatable bonds is 4. The molecule has 0 amide bonds. The fourth-order valence-electron chi connectivity index (χ4n) is 1.38. The SMILES string of the molecule is CNc1ncc(S(=O)(=O)Nc2ccncc2C)cn1. The molecular weight excluding hydrogens is 266 g/mol. The maximum atomic E-state index is 12.1. The van der Waals surface area contributed by atoms with E-state index in [4.69, 9.17) is 0 Å². The molecule has 7 nitrogen and oxygen atoms in total. The Morgan fingerprint density at radius 3 is 2.42 bits per heavy atom. The summed E-state index contributed by atoms with van der Waals surface area (Å²) in [6, 6.07) is 1.59. The van der Waals surface area contributed by atoms with E-state index < -0.39 is 10.0 Å². The lowest BCUT2D eigenvalue weighted by atomic mass is 10.3. The normalized spacial score (nSPS) is 11.1. The van der Waals surface area contributed by atoms with Gasteiger partial charge in [0.25, 0.3) is 10.0 Å². The molecule has 100 valence electrons. The van der Waals surface area contributed by atoms with Crippen LogP contribution < -0.4 is 10.0 Å². The van der Waals surface area contributed by atoms with Crippen LogP contribution in [0.4, 0.5) is 11.6 Å². The van der Waals surface area contributed by atoms with Crippen LogP contribution in [0.5, 0.6) is 0 Å². The van der Waals surface area contributed by atoms with E-state index in [-0.39, 0.29) is 4.90 Å². The van der Waals surface area contributed by atoms with Crippen molar-refractivity contribution in [3.05, 3.63) is 36.4 Å². The second-order valence-electron chi connectivity index (χ2n) is 3.79. The first-order valence-corrected chi connectivity index (χ1v) is 6.94. The lowest BCUT2D eigenvalue weighted by molar-refractivity contribution is 0.600. The average molecular weight is 279 g/mol. The van der Waals surface area contributed by atoms with Crippen LogP contribution in [-0.2, 0) is 10.0 Å². The molecule has 19 heavy (non-hydrogen) atoms. The Hall–Kier alpha value is -2.22. The monoisotopic (exact) mass is 279 g/mol. The van der Waals surface area contributed by atoms with Crippen LogP contribution in [0.1, 0.15) is 5.56 Å². The molecule has 0 saturated heterocycles. The first kappa shape index (κ1) is 13.2. The smallest absolute Gasteiger partial charge is 0.264 e. The topological polar surface area (TPSA) is 96.9 Å². The van der Waals surface area contributed by atoms with E-state index in [0.29, 0.717) is 11.6 Å². The van der Waals surface area contributed by atoms with Crippen LogP contribution in [0, 0.1) is 6.92 Å². The van der Waals surface area contributed by atoms with Crippen molar-refractivity contribution in [2.45, 2.75) is 11.8 Å². The van der Waals surface area contributed by atoms with Crippen molar-refractivity contribution in [2.75, 3.05) is 17.1 Å². The zero-order valence-corrected chi connectivity index (χ0v) is 11.3. The molecule has 0 radical (unpaired) electrons. The van der Waals surface area contributed by atoms with Gasteiger partial charge >= 0.3 is 0 Å². The Bertz CT molecular complexity index is 670. The molecule has 2 aromatic heterocycles. The number of hydrogen-bond donors (Lipinski definition) is 2. The summed E-state index contributed by atoms with van der Waals surface area (Å²) in [4.78, 5) is 11.7. The Morgan fingerprint density at radius 2 is 1.84 bits per heavy atom. The quantitative estimate of drug-likeness (QED) is 0.867. The van der Waals surface area contributed by atoms with E-state index in [1.165, 1.54) is 18.6 Å². The molecule has 2 heterocycles. The van der Waals surface area contributed by atoms with Crippen LogP contribution in [0.2, 0.25) is 0 Å². The largest absolute Gasteiger partial charge is 0.357 e. The summed E-state index contributed by atoms with van der Waals surface area (Å²) in [5, 5.41) is 2.72. The van der Waals surface area contributed by atoms with Gasteiger partial charge in [0, 0.05) is 19.4 Å². The van der Waals surface area contributed by atoms with Gasteiger partial charge in [0.15, 0.2) is 0 Å². The zero-order chi connectivity index (χ0) is 13.9. The standard InChI is InChI=1S/C11H13N5O2S/c1-8-5-13-4-3-10(8)16-19(17,18)9-6-14-11(12-2)15-7-9/h3-7H,1-2H3,(H,13,16)(H,12,14,15). The molecule has 8 heteroatoms. The van der Waals surface area contributed by atoms with E-state index in [0.717, 1.165) is 5.56 Å². The van der Waals surface area contributed by atoms with Gasteiger partial charge in [-0.05, 0) is 18.6 Å². The molecule has 0 spiro atoms. The van der Waals surface area contributed by atoms with Crippen LogP contribution in [0.25, 0.3) is 0 Å². The van der Waals surface area contributed by atoms with Crippen molar-refractivity contribution in [3.8, 4) is 0 Å². The molecule has 0 aliphatic carbocycles. The lowest BCUT2D eigenvalue weighted by Crippen LogP contribution is -2.14. The second kappa shape index (κ2) is 5.19. The van der Waals surface area contributed by atoms with Gasteiger partial charge in [0.05, 0.1) is 18.1 Å². The number of hydrogen-bond acceptors (Lipinski definition) is 6. The molecule has 0 unspecified atom stereocenters. The number of anilines is 2. The van der Waals surface area contributed by atoms with Gasteiger partial charge in [-0.25, -0.2) is 18.4 Å². The Labute approximate surface area is 111 Å². The minimum Gasteiger partial charge on any atom is -0.357 e. The predicted molar refractivity (Wildman–Crippen MR) is 71.4 cm³/mol. The Kier molecular flexibility index (Phi) is 3.61. The van der Waals surface area contributed by atoms with Crippen molar-refractivity contribution in [1.82, 2.24) is 15.0 Å². The Balaban J connectivity index is 2.30. The van der Waals surface area contributed by atoms with Crippen molar-refractivity contribution in [1.29, 1.82) is 0 Å². The number of aromatic nitrogens is 3. The molecule has 0 fully saturated rings. The van der Waals surface area contributed by atoms with E-state index >= 15 is 0 Å². The van der Waals surface area contributed by atoms with Crippen LogP contribution in [-0.4, -0.2) is 30.4 Å². The van der Waals surface area contributed by atoms with Crippen molar-refractivity contribution >= 4 is 21.7 Å². The van der Waals surface area contributed by atoms with Crippen molar-refractivity contribution in [2.24, 2.45) is 0 Å². The predicted octanol–water partition coefficient (Wildman–Crippen LogP) is 1.02. The van der Waals surface area contributed by atoms with Gasteiger partial charge in [0.1, 0.15) is 4.90 Å². The molecule has 0 saturated carbocycles. The van der Waals surface area contributed by atoms with Gasteiger partial charge in [-0.1, -0.05) is 0 Å². The van der Waals surface area contributed by atoms with Gasteiger partial charge in [-0.2, -0.15) is 0 Å². The second-order valence-corrected chi connectivity index (χ2v) is 5.47. The number of pyridine rings is 1. The summed E-state index contributed by atoms with van der Waals surface area (Å²) >= 11 is 0. The molecule has 0 aliphatic heterocycles. The lowest BCUT2D eigenvalue weighted by Gasteiger charge is -2.09. The van der Waals surface area contributed by atoms with Gasteiger partial charge in [-0.15, -0.1) is 0 Å². The van der Waals surface area contributed by atoms with Gasteiger partial charge in [-0.3, -0.25) is 9.71 Å². The van der Waals surface area contributed by atoms with Gasteiger partial charge in [0.2, 0.25) is 5.95 Å². The average Bonchev–Trinajstić information content (AvgIpc) is 2.41. The maximum absolute atomic E-state index is 12.1. The van der Waals surface area contributed by atoms with E-state index in [1.54, 1.807) is 26.2 Å². The molecule has 0 bridgehead atoms. The molecule has 2 aromatic rings. The van der Waals surface area contributed by atoms with E-state index in [9.17, 15) is 8.42 Å². The summed E-state index contributed by atoms with van der Waals surface area (Å²) in [7, 11) is -2.04. The van der Waals surface area contributed by atoms with Crippen molar-refractivity contribution < 1.29 is 8.42 Å². The van der Waals surface area contributed by atoms with Crippen LogP contribution in [0.3, 0.4) is 0 Å². The summed E-state index contributed by atoms with van der Waals surface area (Å²) in [5.41, 5.74) is 1.21. The van der Waals surface area contributed by atoms with E-state index in [2.05, 4.69) is 25.0 Å². The number of nitrogens with one attached hydrogen (secondary N) is 2. The number of sulfonamides is 1. The summed E-state index contributed by atoms with van der Waals surface area (Å²) in [6.07, 6.45) is 5.60. The molecule has 0 atom stereocenters. The maximum Gasteiger partial charge on any atom is 0.264 e. The third kappa shape index (κ3) is 2.97. The summed E-state index contributed by atoms with van der Waals surface area (Å²) in [6.45, 7) is 1.77. The highest BCUT2D eigenvalue weighted by Crippen LogP contribution is 2.17. The zero-order valence-electron chi connectivity index (χ0n) is 10.5. The fourth-order valence-corrected chi connectivity index (χ4v) is 2.39. The highest BCUT2D eigenvalue weighted by atomic mass is 32.2. The van der Waals surface area contributed by atoms with Crippen molar-refractivity contribution in [3.63, 3.8) is 0 Å². The Morgan fingerprint density at radius 1 is 1.16 bits per heavy atom.